The van der Waals surface area contributed by atoms with Crippen molar-refractivity contribution in [2.75, 3.05) is 5.32 Å². The maximum atomic E-state index is 13.2. The van der Waals surface area contributed by atoms with Crippen LogP contribution in [0.25, 0.3) is 22.2 Å². The molecule has 3 rings (SSSR count). The lowest BCUT2D eigenvalue weighted by Crippen LogP contribution is -2.09. The Labute approximate surface area is 113 Å². The summed E-state index contributed by atoms with van der Waals surface area (Å²) in [5.74, 6) is -0.290. The molecule has 0 atom stereocenters. The fourth-order valence-corrected chi connectivity index (χ4v) is 2.04. The van der Waals surface area contributed by atoms with E-state index >= 15 is 0 Å². The van der Waals surface area contributed by atoms with E-state index < -0.39 is 0 Å². The number of carbonyl (C=O) groups is 1. The monoisotopic (exact) mass is 270 g/mol. The van der Waals surface area contributed by atoms with E-state index in [2.05, 4.69) is 20.3 Å². The van der Waals surface area contributed by atoms with Crippen molar-refractivity contribution in [1.82, 2.24) is 15.0 Å². The van der Waals surface area contributed by atoms with Gasteiger partial charge in [0.2, 0.25) is 11.9 Å². The van der Waals surface area contributed by atoms with Crippen molar-refractivity contribution >= 4 is 22.8 Å². The molecule has 0 bridgehead atoms. The van der Waals surface area contributed by atoms with Crippen LogP contribution in [-0.2, 0) is 4.79 Å². The summed E-state index contributed by atoms with van der Waals surface area (Å²) in [5.41, 5.74) is 2.18. The molecule has 1 aromatic carbocycles. The first kappa shape index (κ1) is 12.3. The first-order chi connectivity index (χ1) is 9.63. The molecule has 0 saturated carbocycles. The summed E-state index contributed by atoms with van der Waals surface area (Å²) >= 11 is 0. The molecule has 6 heteroatoms. The summed E-state index contributed by atoms with van der Waals surface area (Å²) in [7, 11) is 0. The third-order valence-electron chi connectivity index (χ3n) is 2.86. The van der Waals surface area contributed by atoms with Crippen LogP contribution < -0.4 is 5.32 Å². The first-order valence-corrected chi connectivity index (χ1v) is 6.01. The van der Waals surface area contributed by atoms with Gasteiger partial charge in [-0.1, -0.05) is 0 Å². The van der Waals surface area contributed by atoms with Crippen molar-refractivity contribution < 1.29 is 9.18 Å². The summed E-state index contributed by atoms with van der Waals surface area (Å²) in [4.78, 5) is 22.3. The highest BCUT2D eigenvalue weighted by Gasteiger charge is 2.09. The predicted octanol–water partition coefficient (Wildman–Crippen LogP) is 2.72. The minimum atomic E-state index is -0.299. The number of aromatic nitrogens is 3. The second kappa shape index (κ2) is 4.73. The topological polar surface area (TPSA) is 70.7 Å². The summed E-state index contributed by atoms with van der Waals surface area (Å²) in [6, 6.07) is 6.25. The molecule has 2 heterocycles. The van der Waals surface area contributed by atoms with Gasteiger partial charge in [0, 0.05) is 35.8 Å². The minimum Gasteiger partial charge on any atom is -0.360 e. The van der Waals surface area contributed by atoms with Crippen LogP contribution in [0.1, 0.15) is 6.92 Å². The number of nitrogens with zero attached hydrogens (tertiary/aromatic N) is 2. The molecule has 0 aliphatic heterocycles. The highest BCUT2D eigenvalue weighted by Crippen LogP contribution is 2.27. The Bertz CT molecular complexity index is 797. The molecule has 20 heavy (non-hydrogen) atoms. The smallest absolute Gasteiger partial charge is 0.229 e. The van der Waals surface area contributed by atoms with Crippen LogP contribution in [0, 0.1) is 5.82 Å². The van der Waals surface area contributed by atoms with E-state index in [1.807, 2.05) is 0 Å². The molecule has 0 aliphatic carbocycles. The Balaban J connectivity index is 2.09. The predicted molar refractivity (Wildman–Crippen MR) is 73.6 cm³/mol. The fraction of sp³-hybridized carbons (Fsp3) is 0.0714. The molecule has 5 nitrogen and oxygen atoms in total. The second-order valence-electron chi connectivity index (χ2n) is 4.34. The standard InChI is InChI=1S/C14H11FN4O/c1-8(20)18-14-16-5-4-12(19-14)11-7-17-13-6-9(15)2-3-10(11)13/h2-7,17H,1H3,(H,16,18,19,20). The summed E-state index contributed by atoms with van der Waals surface area (Å²) in [6.45, 7) is 1.39. The van der Waals surface area contributed by atoms with Crippen molar-refractivity contribution in [1.29, 1.82) is 0 Å². The van der Waals surface area contributed by atoms with E-state index in [1.54, 1.807) is 24.5 Å². The summed E-state index contributed by atoms with van der Waals surface area (Å²) < 4.78 is 13.2. The number of hydrogen-bond acceptors (Lipinski definition) is 3. The maximum absolute atomic E-state index is 13.2. The maximum Gasteiger partial charge on any atom is 0.229 e. The van der Waals surface area contributed by atoms with Gasteiger partial charge in [-0.25, -0.2) is 14.4 Å². The number of aromatic amines is 1. The lowest BCUT2D eigenvalue weighted by molar-refractivity contribution is -0.114. The molecule has 0 radical (unpaired) electrons. The van der Waals surface area contributed by atoms with Crippen LogP contribution in [0.5, 0.6) is 0 Å². The zero-order chi connectivity index (χ0) is 14.1. The van der Waals surface area contributed by atoms with Gasteiger partial charge in [0.25, 0.3) is 0 Å². The molecule has 3 aromatic rings. The summed E-state index contributed by atoms with van der Waals surface area (Å²) in [6.07, 6.45) is 3.32. The number of amides is 1. The SMILES string of the molecule is CC(=O)Nc1nccc(-c2c[nH]c3cc(F)ccc23)n1. The Kier molecular flexibility index (Phi) is 2.90. The quantitative estimate of drug-likeness (QED) is 0.752. The summed E-state index contributed by atoms with van der Waals surface area (Å²) in [5, 5.41) is 3.39. The normalized spacial score (nSPS) is 10.7. The van der Waals surface area contributed by atoms with Gasteiger partial charge in [-0.15, -0.1) is 0 Å². The van der Waals surface area contributed by atoms with Crippen LogP contribution in [0.2, 0.25) is 0 Å². The van der Waals surface area contributed by atoms with Crippen molar-refractivity contribution in [3.8, 4) is 11.3 Å². The molecule has 2 aromatic heterocycles. The van der Waals surface area contributed by atoms with Gasteiger partial charge >= 0.3 is 0 Å². The molecular formula is C14H11FN4O. The number of H-pyrrole nitrogens is 1. The number of nitrogens with one attached hydrogen (secondary N) is 2. The fourth-order valence-electron chi connectivity index (χ4n) is 2.04. The average molecular weight is 270 g/mol. The molecule has 0 unspecified atom stereocenters. The Morgan fingerprint density at radius 1 is 1.35 bits per heavy atom. The van der Waals surface area contributed by atoms with E-state index in [4.69, 9.17) is 0 Å². The Morgan fingerprint density at radius 2 is 2.20 bits per heavy atom. The Hall–Kier alpha value is -2.76. The van der Waals surface area contributed by atoms with Gasteiger partial charge in [-0.3, -0.25) is 10.1 Å². The van der Waals surface area contributed by atoms with Gasteiger partial charge in [-0.05, 0) is 24.3 Å². The molecule has 0 aliphatic rings. The van der Waals surface area contributed by atoms with Crippen LogP contribution >= 0.6 is 0 Å². The second-order valence-corrected chi connectivity index (χ2v) is 4.34. The van der Waals surface area contributed by atoms with Gasteiger partial charge in [0.15, 0.2) is 0 Å². The van der Waals surface area contributed by atoms with Gasteiger partial charge in [0.1, 0.15) is 5.82 Å². The lowest BCUT2D eigenvalue weighted by atomic mass is 10.1. The van der Waals surface area contributed by atoms with Crippen molar-refractivity contribution in [3.63, 3.8) is 0 Å². The molecule has 2 N–H and O–H groups in total. The first-order valence-electron chi connectivity index (χ1n) is 6.01. The zero-order valence-electron chi connectivity index (χ0n) is 10.6. The number of benzene rings is 1. The van der Waals surface area contributed by atoms with Crippen LogP contribution in [0.15, 0.2) is 36.7 Å². The van der Waals surface area contributed by atoms with E-state index in [1.165, 1.54) is 19.1 Å². The van der Waals surface area contributed by atoms with Crippen LogP contribution in [-0.4, -0.2) is 20.9 Å². The van der Waals surface area contributed by atoms with Gasteiger partial charge < -0.3 is 4.98 Å². The van der Waals surface area contributed by atoms with Crippen molar-refractivity contribution in [2.24, 2.45) is 0 Å². The van der Waals surface area contributed by atoms with Crippen LogP contribution in [0.3, 0.4) is 0 Å². The number of anilines is 1. The van der Waals surface area contributed by atoms with E-state index in [9.17, 15) is 9.18 Å². The van der Waals surface area contributed by atoms with Crippen LogP contribution in [0.4, 0.5) is 10.3 Å². The molecule has 1 amide bonds. The molecule has 100 valence electrons. The van der Waals surface area contributed by atoms with Gasteiger partial charge in [-0.2, -0.15) is 0 Å². The average Bonchev–Trinajstić information content (AvgIpc) is 2.81. The van der Waals surface area contributed by atoms with Gasteiger partial charge in [0.05, 0.1) is 5.69 Å². The molecule has 0 fully saturated rings. The lowest BCUT2D eigenvalue weighted by Gasteiger charge is -2.03. The minimum absolute atomic E-state index is 0.233. The number of halogens is 1. The number of rotatable bonds is 2. The number of hydrogen-bond donors (Lipinski definition) is 2. The zero-order valence-corrected chi connectivity index (χ0v) is 10.6. The van der Waals surface area contributed by atoms with Crippen molar-refractivity contribution in [2.45, 2.75) is 6.92 Å². The molecular weight excluding hydrogens is 259 g/mol. The largest absolute Gasteiger partial charge is 0.360 e. The van der Waals surface area contributed by atoms with E-state index in [0.29, 0.717) is 11.2 Å². The van der Waals surface area contributed by atoms with Crippen molar-refractivity contribution in [3.05, 3.63) is 42.5 Å². The highest BCUT2D eigenvalue weighted by atomic mass is 19.1. The highest BCUT2D eigenvalue weighted by molar-refractivity contribution is 5.95. The van der Waals surface area contributed by atoms with E-state index in [0.717, 1.165) is 10.9 Å². The number of carbonyl (C=O) groups excluding carboxylic acids is 1. The Morgan fingerprint density at radius 3 is 3.00 bits per heavy atom. The third-order valence-corrected chi connectivity index (χ3v) is 2.86. The molecule has 0 spiro atoms. The molecule has 0 saturated heterocycles. The third kappa shape index (κ3) is 2.23. The number of fused-ring (bicyclic) bond motifs is 1. The van der Waals surface area contributed by atoms with E-state index in [-0.39, 0.29) is 17.7 Å².